The fraction of sp³-hybridized carbons (Fsp3) is 0.375. The summed E-state index contributed by atoms with van der Waals surface area (Å²) in [5, 5.41) is 14.9. The summed E-state index contributed by atoms with van der Waals surface area (Å²) < 4.78 is 16.8. The summed E-state index contributed by atoms with van der Waals surface area (Å²) in [5.74, 6) is 0.0615. The maximum Gasteiger partial charge on any atom is 0.325 e. The molecule has 0 aliphatic heterocycles. The molecule has 0 saturated heterocycles. The molecule has 0 bridgehead atoms. The number of hydrogen-bond acceptors (Lipinski definition) is 7. The van der Waals surface area contributed by atoms with Crippen LogP contribution in [0.2, 0.25) is 0 Å². The molecule has 1 aliphatic rings. The molecule has 0 heterocycles. The predicted molar refractivity (Wildman–Crippen MR) is 123 cm³/mol. The molecule has 2 aromatic carbocycles. The van der Waals surface area contributed by atoms with Gasteiger partial charge in [0.05, 0.1) is 33.1 Å². The fourth-order valence-corrected chi connectivity index (χ4v) is 4.12. The van der Waals surface area contributed by atoms with Crippen LogP contribution in [-0.2, 0) is 16.0 Å². The number of carboxylic acid groups (broad SMARTS) is 1. The van der Waals surface area contributed by atoms with Gasteiger partial charge in [0, 0.05) is 12.5 Å². The number of nitrogens with one attached hydrogen (secondary N) is 2. The number of carboxylic acids is 1. The highest BCUT2D eigenvalue weighted by Gasteiger charge is 2.29. The van der Waals surface area contributed by atoms with Crippen LogP contribution in [0.15, 0.2) is 29.1 Å². The first-order valence-electron chi connectivity index (χ1n) is 10.5. The van der Waals surface area contributed by atoms with Gasteiger partial charge in [0.2, 0.25) is 17.1 Å². The molecule has 3 N–H and O–H groups in total. The molecule has 3 rings (SSSR count). The fourth-order valence-electron chi connectivity index (χ4n) is 4.12. The molecular weight excluding hydrogens is 428 g/mol. The van der Waals surface area contributed by atoms with Crippen molar-refractivity contribution in [2.75, 3.05) is 26.6 Å². The highest BCUT2D eigenvalue weighted by atomic mass is 16.5. The van der Waals surface area contributed by atoms with E-state index in [-0.39, 0.29) is 17.0 Å². The lowest BCUT2D eigenvalue weighted by atomic mass is 9.95. The molecule has 176 valence electrons. The Bertz CT molecular complexity index is 1150. The van der Waals surface area contributed by atoms with Gasteiger partial charge in [0.1, 0.15) is 6.04 Å². The number of carbonyl (C=O) groups excluding carboxylic acids is 1. The van der Waals surface area contributed by atoms with Gasteiger partial charge in [0.25, 0.3) is 0 Å². The van der Waals surface area contributed by atoms with Crippen molar-refractivity contribution in [3.8, 4) is 28.4 Å². The quantitative estimate of drug-likeness (QED) is 0.581. The zero-order valence-corrected chi connectivity index (χ0v) is 19.3. The van der Waals surface area contributed by atoms with Crippen LogP contribution < -0.4 is 30.3 Å². The van der Waals surface area contributed by atoms with Crippen molar-refractivity contribution in [1.82, 2.24) is 5.32 Å². The number of hydrogen-bond donors (Lipinski definition) is 3. The maximum atomic E-state index is 13.0. The first-order chi connectivity index (χ1) is 15.7. The smallest absolute Gasteiger partial charge is 0.325 e. The monoisotopic (exact) mass is 456 g/mol. The van der Waals surface area contributed by atoms with Gasteiger partial charge in [-0.3, -0.25) is 14.4 Å². The number of ether oxygens (including phenoxy) is 3. The normalized spacial score (nSPS) is 15.2. The molecule has 0 saturated carbocycles. The lowest BCUT2D eigenvalue weighted by molar-refractivity contribution is -0.137. The van der Waals surface area contributed by atoms with Crippen LogP contribution >= 0.6 is 0 Å². The van der Waals surface area contributed by atoms with Gasteiger partial charge in [-0.15, -0.1) is 0 Å². The molecule has 2 aromatic rings. The molecule has 2 atom stereocenters. The standard InChI is InChI=1S/C24H28N2O7/c1-12(24(29)30)25-18-9-7-15-16(11-19(18)28)17(26-13(2)27)8-6-14-10-20(31-3)22(32-4)23(33-5)21(14)15/h7,9-12,17H,6,8H2,1-5H3,(H,25,28)(H,26,27)(H,29,30)/t12-,17+/m1/s1. The molecule has 0 unspecified atom stereocenters. The van der Waals surface area contributed by atoms with Gasteiger partial charge in [-0.25, -0.2) is 0 Å². The van der Waals surface area contributed by atoms with Crippen LogP contribution in [0.1, 0.15) is 37.4 Å². The predicted octanol–water partition coefficient (Wildman–Crippen LogP) is 2.75. The highest BCUT2D eigenvalue weighted by Crippen LogP contribution is 2.50. The Morgan fingerprint density at radius 1 is 1.09 bits per heavy atom. The van der Waals surface area contributed by atoms with E-state index in [0.717, 1.165) is 11.1 Å². The van der Waals surface area contributed by atoms with Gasteiger partial charge in [-0.1, -0.05) is 6.07 Å². The number of carbonyl (C=O) groups is 2. The molecule has 9 nitrogen and oxygen atoms in total. The molecule has 1 amide bonds. The Kier molecular flexibility index (Phi) is 7.10. The van der Waals surface area contributed by atoms with E-state index in [4.69, 9.17) is 14.2 Å². The molecular formula is C24H28N2O7. The van der Waals surface area contributed by atoms with Gasteiger partial charge in [-0.05, 0) is 54.7 Å². The van der Waals surface area contributed by atoms with Gasteiger partial charge < -0.3 is 30.0 Å². The second kappa shape index (κ2) is 9.81. The molecule has 0 aromatic heterocycles. The number of aliphatic carboxylic acids is 1. The van der Waals surface area contributed by atoms with Crippen LogP contribution in [0.3, 0.4) is 0 Å². The number of anilines is 1. The minimum atomic E-state index is -1.08. The van der Waals surface area contributed by atoms with Crippen LogP contribution in [0.4, 0.5) is 5.69 Å². The number of benzene rings is 1. The number of fused-ring (bicyclic) bond motifs is 3. The zero-order valence-electron chi connectivity index (χ0n) is 19.3. The zero-order chi connectivity index (χ0) is 24.3. The Hall–Kier alpha value is -3.75. The summed E-state index contributed by atoms with van der Waals surface area (Å²) >= 11 is 0. The van der Waals surface area contributed by atoms with Crippen LogP contribution in [0.25, 0.3) is 11.1 Å². The molecule has 0 radical (unpaired) electrons. The molecule has 1 aliphatic carbocycles. The SMILES string of the molecule is COc1cc2c(c(OC)c1OC)-c1ccc(N[C@H](C)C(=O)O)c(=O)cc1[C@@H](NC(C)=O)CC2. The van der Waals surface area contributed by atoms with Crippen molar-refractivity contribution >= 4 is 17.6 Å². The lowest BCUT2D eigenvalue weighted by Crippen LogP contribution is -2.28. The van der Waals surface area contributed by atoms with E-state index >= 15 is 0 Å². The molecule has 33 heavy (non-hydrogen) atoms. The summed E-state index contributed by atoms with van der Waals surface area (Å²) in [6.07, 6.45) is 1.13. The highest BCUT2D eigenvalue weighted by molar-refractivity contribution is 5.84. The first-order valence-corrected chi connectivity index (χ1v) is 10.5. The van der Waals surface area contributed by atoms with Crippen molar-refractivity contribution in [3.63, 3.8) is 0 Å². The summed E-state index contributed by atoms with van der Waals surface area (Å²) in [4.78, 5) is 36.3. The number of aryl methyl sites for hydroxylation is 1. The Balaban J connectivity index is 2.35. The van der Waals surface area contributed by atoms with Gasteiger partial charge in [-0.2, -0.15) is 0 Å². The van der Waals surface area contributed by atoms with E-state index in [2.05, 4.69) is 10.6 Å². The average Bonchev–Trinajstić information content (AvgIpc) is 3.01. The van der Waals surface area contributed by atoms with Crippen molar-refractivity contribution < 1.29 is 28.9 Å². The molecule has 9 heteroatoms. The Morgan fingerprint density at radius 2 is 1.79 bits per heavy atom. The summed E-state index contributed by atoms with van der Waals surface area (Å²) in [7, 11) is 4.58. The number of methoxy groups -OCH3 is 3. The van der Waals surface area contributed by atoms with E-state index in [1.807, 2.05) is 6.07 Å². The second-order valence-electron chi connectivity index (χ2n) is 7.80. The summed E-state index contributed by atoms with van der Waals surface area (Å²) in [6, 6.07) is 5.21. The van der Waals surface area contributed by atoms with Crippen molar-refractivity contribution in [2.45, 2.75) is 38.8 Å². The summed E-state index contributed by atoms with van der Waals surface area (Å²) in [5.41, 5.74) is 2.67. The first kappa shape index (κ1) is 23.9. The van der Waals surface area contributed by atoms with Crippen molar-refractivity contribution in [2.24, 2.45) is 0 Å². The number of rotatable bonds is 7. The van der Waals surface area contributed by atoms with Crippen LogP contribution in [-0.4, -0.2) is 44.4 Å². The minimum absolute atomic E-state index is 0.139. The third-order valence-corrected chi connectivity index (χ3v) is 5.66. The topological polar surface area (TPSA) is 123 Å². The van der Waals surface area contributed by atoms with E-state index in [1.165, 1.54) is 34.1 Å². The third kappa shape index (κ3) is 4.72. The molecule has 0 fully saturated rings. The van der Waals surface area contributed by atoms with Crippen LogP contribution in [0.5, 0.6) is 17.2 Å². The minimum Gasteiger partial charge on any atom is -0.493 e. The van der Waals surface area contributed by atoms with E-state index < -0.39 is 18.1 Å². The Labute approximate surface area is 191 Å². The maximum absolute atomic E-state index is 13.0. The van der Waals surface area contributed by atoms with Gasteiger partial charge in [0.15, 0.2) is 11.5 Å². The summed E-state index contributed by atoms with van der Waals surface area (Å²) in [6.45, 7) is 2.88. The second-order valence-corrected chi connectivity index (χ2v) is 7.80. The van der Waals surface area contributed by atoms with E-state index in [9.17, 15) is 19.5 Å². The van der Waals surface area contributed by atoms with E-state index in [1.54, 1.807) is 19.2 Å². The lowest BCUT2D eigenvalue weighted by Gasteiger charge is -2.19. The Morgan fingerprint density at radius 3 is 2.36 bits per heavy atom. The van der Waals surface area contributed by atoms with Crippen molar-refractivity contribution in [1.29, 1.82) is 0 Å². The third-order valence-electron chi connectivity index (χ3n) is 5.66. The van der Waals surface area contributed by atoms with Gasteiger partial charge >= 0.3 is 5.97 Å². The van der Waals surface area contributed by atoms with E-state index in [0.29, 0.717) is 41.2 Å². The van der Waals surface area contributed by atoms with Crippen molar-refractivity contribution in [3.05, 3.63) is 45.6 Å². The largest absolute Gasteiger partial charge is 0.493 e. The molecule has 0 spiro atoms. The average molecular weight is 456 g/mol. The number of amides is 1. The van der Waals surface area contributed by atoms with Crippen LogP contribution in [0, 0.1) is 0 Å².